The van der Waals surface area contributed by atoms with Gasteiger partial charge in [0.2, 0.25) is 5.82 Å². The fourth-order valence-corrected chi connectivity index (χ4v) is 3.10. The van der Waals surface area contributed by atoms with Crippen molar-refractivity contribution in [3.8, 4) is 34.3 Å². The van der Waals surface area contributed by atoms with Crippen LogP contribution in [0, 0.1) is 6.92 Å². The Morgan fingerprint density at radius 2 is 1.68 bits per heavy atom. The molecule has 31 heavy (non-hydrogen) atoms. The number of carbonyl (C=O) groups is 1. The highest BCUT2D eigenvalue weighted by Gasteiger charge is 2.17. The molecule has 0 radical (unpaired) electrons. The van der Waals surface area contributed by atoms with Gasteiger partial charge in [0.25, 0.3) is 11.8 Å². The highest BCUT2D eigenvalue weighted by molar-refractivity contribution is 6.06. The lowest BCUT2D eigenvalue weighted by Crippen LogP contribution is -2.13. The number of aromatic nitrogens is 2. The minimum atomic E-state index is -0.299. The summed E-state index contributed by atoms with van der Waals surface area (Å²) in [4.78, 5) is 17.4. The summed E-state index contributed by atoms with van der Waals surface area (Å²) in [5.74, 6) is 1.53. The highest BCUT2D eigenvalue weighted by Crippen LogP contribution is 2.31. The summed E-state index contributed by atoms with van der Waals surface area (Å²) in [6, 6.07) is 20.1. The third-order valence-electron chi connectivity index (χ3n) is 4.79. The Morgan fingerprint density at radius 1 is 0.935 bits per heavy atom. The molecule has 4 rings (SSSR count). The van der Waals surface area contributed by atoms with Crippen molar-refractivity contribution in [2.45, 2.75) is 6.92 Å². The van der Waals surface area contributed by atoms with Gasteiger partial charge < -0.3 is 19.3 Å². The van der Waals surface area contributed by atoms with Gasteiger partial charge in [0.05, 0.1) is 25.5 Å². The quantitative estimate of drug-likeness (QED) is 0.478. The lowest BCUT2D eigenvalue weighted by Gasteiger charge is -2.11. The van der Waals surface area contributed by atoms with E-state index < -0.39 is 0 Å². The van der Waals surface area contributed by atoms with Crippen molar-refractivity contribution in [1.82, 2.24) is 10.1 Å². The van der Waals surface area contributed by atoms with Gasteiger partial charge in [-0.3, -0.25) is 4.79 Å². The number of nitrogens with one attached hydrogen (secondary N) is 1. The zero-order valence-electron chi connectivity index (χ0n) is 17.4. The summed E-state index contributed by atoms with van der Waals surface area (Å²) < 4.78 is 16.0. The summed E-state index contributed by atoms with van der Waals surface area (Å²) in [6.45, 7) is 2.02. The Bertz CT molecular complexity index is 1220. The number of rotatable bonds is 6. The molecule has 0 saturated carbocycles. The smallest absolute Gasteiger partial charge is 0.260 e. The molecule has 1 aromatic heterocycles. The predicted molar refractivity (Wildman–Crippen MR) is 117 cm³/mol. The van der Waals surface area contributed by atoms with E-state index >= 15 is 0 Å². The Hall–Kier alpha value is -4.13. The molecular weight excluding hydrogens is 394 g/mol. The van der Waals surface area contributed by atoms with Crippen LogP contribution >= 0.6 is 0 Å². The van der Waals surface area contributed by atoms with Gasteiger partial charge in [-0.05, 0) is 37.3 Å². The first-order chi connectivity index (χ1) is 15.1. The summed E-state index contributed by atoms with van der Waals surface area (Å²) in [5, 5.41) is 6.99. The molecule has 7 heteroatoms. The van der Waals surface area contributed by atoms with Crippen LogP contribution in [-0.4, -0.2) is 30.3 Å². The second-order valence-corrected chi connectivity index (χ2v) is 6.86. The third-order valence-corrected chi connectivity index (χ3v) is 4.79. The van der Waals surface area contributed by atoms with Gasteiger partial charge in [0, 0.05) is 11.1 Å². The van der Waals surface area contributed by atoms with Crippen LogP contribution in [-0.2, 0) is 0 Å². The maximum Gasteiger partial charge on any atom is 0.260 e. The van der Waals surface area contributed by atoms with Crippen LogP contribution in [0.15, 0.2) is 71.3 Å². The van der Waals surface area contributed by atoms with Gasteiger partial charge >= 0.3 is 0 Å². The first-order valence-electron chi connectivity index (χ1n) is 9.62. The number of amides is 1. The minimum absolute atomic E-state index is 0.299. The molecule has 7 nitrogen and oxygen atoms in total. The Kier molecular flexibility index (Phi) is 5.66. The lowest BCUT2D eigenvalue weighted by atomic mass is 10.1. The third kappa shape index (κ3) is 4.25. The van der Waals surface area contributed by atoms with Gasteiger partial charge in [-0.1, -0.05) is 47.1 Å². The monoisotopic (exact) mass is 415 g/mol. The Labute approximate surface area is 179 Å². The molecule has 0 bridgehead atoms. The largest absolute Gasteiger partial charge is 0.493 e. The average molecular weight is 415 g/mol. The molecule has 0 spiro atoms. The Balaban J connectivity index is 1.61. The van der Waals surface area contributed by atoms with Gasteiger partial charge in [0.15, 0.2) is 11.5 Å². The summed E-state index contributed by atoms with van der Waals surface area (Å²) in [7, 11) is 3.07. The van der Waals surface area contributed by atoms with E-state index in [4.69, 9.17) is 14.0 Å². The van der Waals surface area contributed by atoms with E-state index in [9.17, 15) is 4.79 Å². The van der Waals surface area contributed by atoms with Gasteiger partial charge in [-0.25, -0.2) is 0 Å². The predicted octanol–water partition coefficient (Wildman–Crippen LogP) is 4.98. The van der Waals surface area contributed by atoms with Gasteiger partial charge in [-0.15, -0.1) is 0 Å². The standard InChI is InChI=1S/C24H21N3O4/c1-15-8-10-16(11-9-15)22-26-24(31-27-22)18-6-4-5-7-19(18)25-23(28)17-12-13-20(29-2)21(14-17)30-3/h4-14H,1-3H3,(H,25,28). The van der Waals surface area contributed by atoms with Crippen LogP contribution in [0.4, 0.5) is 5.69 Å². The molecule has 0 aliphatic rings. The van der Waals surface area contributed by atoms with E-state index in [0.29, 0.717) is 40.0 Å². The van der Waals surface area contributed by atoms with Crippen molar-refractivity contribution in [3.63, 3.8) is 0 Å². The van der Waals surface area contributed by atoms with E-state index in [1.54, 1.807) is 31.4 Å². The van der Waals surface area contributed by atoms with E-state index in [1.165, 1.54) is 7.11 Å². The molecule has 0 aliphatic heterocycles. The zero-order chi connectivity index (χ0) is 21.8. The van der Waals surface area contributed by atoms with Crippen molar-refractivity contribution < 1.29 is 18.8 Å². The second kappa shape index (κ2) is 8.71. The van der Waals surface area contributed by atoms with Gasteiger partial charge in [0.1, 0.15) is 0 Å². The minimum Gasteiger partial charge on any atom is -0.493 e. The number of methoxy groups -OCH3 is 2. The molecule has 0 fully saturated rings. The molecule has 0 aliphatic carbocycles. The number of nitrogens with zero attached hydrogens (tertiary/aromatic N) is 2. The maximum absolute atomic E-state index is 12.8. The van der Waals surface area contributed by atoms with Crippen LogP contribution in [0.3, 0.4) is 0 Å². The molecule has 1 amide bonds. The first kappa shape index (κ1) is 20.2. The van der Waals surface area contributed by atoms with Crippen LogP contribution in [0.25, 0.3) is 22.8 Å². The maximum atomic E-state index is 12.8. The average Bonchev–Trinajstić information content (AvgIpc) is 3.29. The second-order valence-electron chi connectivity index (χ2n) is 6.86. The molecule has 1 N–H and O–H groups in total. The number of hydrogen-bond acceptors (Lipinski definition) is 6. The molecular formula is C24H21N3O4. The molecule has 156 valence electrons. The number of para-hydroxylation sites is 1. The normalized spacial score (nSPS) is 10.5. The molecule has 0 unspecified atom stereocenters. The van der Waals surface area contributed by atoms with E-state index in [1.807, 2.05) is 49.4 Å². The summed E-state index contributed by atoms with van der Waals surface area (Å²) in [5.41, 5.74) is 3.62. The first-order valence-corrected chi connectivity index (χ1v) is 9.62. The SMILES string of the molecule is COc1ccc(C(=O)Nc2ccccc2-c2nc(-c3ccc(C)cc3)no2)cc1OC. The van der Waals surface area contributed by atoms with E-state index in [-0.39, 0.29) is 5.91 Å². The fourth-order valence-electron chi connectivity index (χ4n) is 3.10. The van der Waals surface area contributed by atoms with Crippen LogP contribution in [0.1, 0.15) is 15.9 Å². The lowest BCUT2D eigenvalue weighted by molar-refractivity contribution is 0.102. The Morgan fingerprint density at radius 3 is 2.42 bits per heavy atom. The van der Waals surface area contributed by atoms with Crippen molar-refractivity contribution in [2.75, 3.05) is 19.5 Å². The fraction of sp³-hybridized carbons (Fsp3) is 0.125. The number of benzene rings is 3. The molecule has 0 atom stereocenters. The topological polar surface area (TPSA) is 86.5 Å². The van der Waals surface area contributed by atoms with Crippen molar-refractivity contribution in [3.05, 3.63) is 77.9 Å². The highest BCUT2D eigenvalue weighted by atomic mass is 16.5. The van der Waals surface area contributed by atoms with Crippen molar-refractivity contribution in [1.29, 1.82) is 0 Å². The van der Waals surface area contributed by atoms with E-state index in [0.717, 1.165) is 11.1 Å². The van der Waals surface area contributed by atoms with Gasteiger partial charge in [-0.2, -0.15) is 4.98 Å². The number of ether oxygens (including phenoxy) is 2. The van der Waals surface area contributed by atoms with Crippen LogP contribution in [0.5, 0.6) is 11.5 Å². The van der Waals surface area contributed by atoms with Crippen LogP contribution < -0.4 is 14.8 Å². The molecule has 3 aromatic carbocycles. The number of aryl methyl sites for hydroxylation is 1. The van der Waals surface area contributed by atoms with Crippen molar-refractivity contribution in [2.24, 2.45) is 0 Å². The number of anilines is 1. The number of carbonyl (C=O) groups excluding carboxylic acids is 1. The van der Waals surface area contributed by atoms with E-state index in [2.05, 4.69) is 15.5 Å². The zero-order valence-corrected chi connectivity index (χ0v) is 17.4. The van der Waals surface area contributed by atoms with Crippen molar-refractivity contribution >= 4 is 11.6 Å². The molecule has 4 aromatic rings. The summed E-state index contributed by atoms with van der Waals surface area (Å²) >= 11 is 0. The molecule has 1 heterocycles. The summed E-state index contributed by atoms with van der Waals surface area (Å²) in [6.07, 6.45) is 0. The van der Waals surface area contributed by atoms with Crippen LogP contribution in [0.2, 0.25) is 0 Å². The molecule has 0 saturated heterocycles. The number of hydrogen-bond donors (Lipinski definition) is 1.